The quantitative estimate of drug-likeness (QED) is 0.443. The van der Waals surface area contributed by atoms with Gasteiger partial charge in [-0.2, -0.15) is 0 Å². The molecule has 0 aliphatic rings. The Morgan fingerprint density at radius 1 is 1.11 bits per heavy atom. The van der Waals surface area contributed by atoms with Crippen LogP contribution in [0.1, 0.15) is 16.0 Å². The van der Waals surface area contributed by atoms with E-state index in [1.54, 1.807) is 7.11 Å². The van der Waals surface area contributed by atoms with Crippen LogP contribution in [-0.4, -0.2) is 28.8 Å². The predicted molar refractivity (Wildman–Crippen MR) is 110 cm³/mol. The fraction of sp³-hybridized carbons (Fsp3) is 0.190. The molecule has 0 saturated heterocycles. The van der Waals surface area contributed by atoms with E-state index in [1.807, 2.05) is 48.7 Å². The lowest BCUT2D eigenvalue weighted by Crippen LogP contribution is -2.01. The molecule has 3 N–H and O–H groups in total. The Morgan fingerprint density at radius 2 is 1.89 bits per heavy atom. The van der Waals surface area contributed by atoms with Gasteiger partial charge in [0.15, 0.2) is 0 Å². The van der Waals surface area contributed by atoms with Crippen molar-refractivity contribution in [2.75, 3.05) is 13.7 Å². The Balaban J connectivity index is 1.36. The lowest BCUT2D eigenvalue weighted by Gasteiger charge is -2.07. The van der Waals surface area contributed by atoms with Gasteiger partial charge in [-0.1, -0.05) is 23.5 Å². The molecule has 144 valence electrons. The molecule has 2 aromatic carbocycles. The van der Waals surface area contributed by atoms with Crippen molar-refractivity contribution in [1.29, 1.82) is 0 Å². The van der Waals surface area contributed by atoms with Gasteiger partial charge in [-0.15, -0.1) is 0 Å². The van der Waals surface area contributed by atoms with Crippen LogP contribution in [0.5, 0.6) is 17.4 Å². The van der Waals surface area contributed by atoms with Crippen LogP contribution < -0.4 is 14.3 Å². The number of ether oxygens (including phenoxy) is 2. The van der Waals surface area contributed by atoms with Crippen molar-refractivity contribution >= 4 is 22.2 Å². The van der Waals surface area contributed by atoms with Gasteiger partial charge in [0.2, 0.25) is 5.88 Å². The molecule has 0 aliphatic heterocycles. The predicted octanol–water partition coefficient (Wildman–Crippen LogP) is 3.84. The van der Waals surface area contributed by atoms with Gasteiger partial charge >= 0.3 is 4.87 Å². The van der Waals surface area contributed by atoms with Crippen LogP contribution in [0.3, 0.4) is 0 Å². The summed E-state index contributed by atoms with van der Waals surface area (Å²) in [6, 6.07) is 13.7. The van der Waals surface area contributed by atoms with E-state index in [1.165, 1.54) is 5.56 Å². The molecule has 0 fully saturated rings. The number of thiazole rings is 1. The molecule has 0 spiro atoms. The van der Waals surface area contributed by atoms with E-state index >= 15 is 0 Å². The summed E-state index contributed by atoms with van der Waals surface area (Å²) in [5, 5.41) is 10.8. The molecule has 2 heterocycles. The topological polar surface area (TPSA) is 87.3 Å². The number of H-pyrrole nitrogens is 2. The number of methoxy groups -OCH3 is 1. The minimum Gasteiger partial charge on any atom is -0.497 e. The molecule has 0 atom stereocenters. The summed E-state index contributed by atoms with van der Waals surface area (Å²) in [4.78, 5) is 17.3. The first-order valence-electron chi connectivity index (χ1n) is 8.89. The maximum atomic E-state index is 11.3. The number of aromatic amines is 2. The van der Waals surface area contributed by atoms with Crippen molar-refractivity contribution in [2.45, 2.75) is 12.8 Å². The summed E-state index contributed by atoms with van der Waals surface area (Å²) in [5.74, 6) is 1.57. The molecule has 0 amide bonds. The molecule has 0 aliphatic carbocycles. The fourth-order valence-electron chi connectivity index (χ4n) is 3.13. The zero-order valence-electron chi connectivity index (χ0n) is 15.3. The van der Waals surface area contributed by atoms with Crippen molar-refractivity contribution in [3.63, 3.8) is 0 Å². The monoisotopic (exact) mass is 396 g/mol. The summed E-state index contributed by atoms with van der Waals surface area (Å²) in [6.07, 6.45) is 3.29. The number of hydrogen-bond donors (Lipinski definition) is 3. The maximum absolute atomic E-state index is 11.3. The minimum absolute atomic E-state index is 0.0503. The molecule has 28 heavy (non-hydrogen) atoms. The summed E-state index contributed by atoms with van der Waals surface area (Å²) < 4.78 is 11.2. The van der Waals surface area contributed by atoms with Crippen LogP contribution >= 0.6 is 11.3 Å². The van der Waals surface area contributed by atoms with Crippen LogP contribution in [0.15, 0.2) is 53.5 Å². The lowest BCUT2D eigenvalue weighted by molar-refractivity contribution is 0.322. The van der Waals surface area contributed by atoms with Gasteiger partial charge in [-0.3, -0.25) is 9.78 Å². The number of aromatic hydroxyl groups is 1. The molecule has 4 aromatic rings. The fourth-order valence-corrected chi connectivity index (χ4v) is 3.89. The molecule has 7 heteroatoms. The van der Waals surface area contributed by atoms with E-state index < -0.39 is 0 Å². The Morgan fingerprint density at radius 3 is 2.61 bits per heavy atom. The molecule has 2 aromatic heterocycles. The zero-order chi connectivity index (χ0) is 19.5. The Hall–Kier alpha value is -3.19. The summed E-state index contributed by atoms with van der Waals surface area (Å²) >= 11 is 1.02. The van der Waals surface area contributed by atoms with Crippen LogP contribution in [0.25, 0.3) is 10.9 Å². The van der Waals surface area contributed by atoms with Crippen molar-refractivity contribution < 1.29 is 14.6 Å². The number of aromatic nitrogens is 2. The van der Waals surface area contributed by atoms with Crippen molar-refractivity contribution in [1.82, 2.24) is 9.97 Å². The maximum Gasteiger partial charge on any atom is 0.307 e. The molecule has 0 unspecified atom stereocenters. The van der Waals surface area contributed by atoms with Gasteiger partial charge in [0.1, 0.15) is 11.5 Å². The van der Waals surface area contributed by atoms with Crippen molar-refractivity contribution in [3.8, 4) is 17.4 Å². The molecule has 0 bridgehead atoms. The largest absolute Gasteiger partial charge is 0.497 e. The minimum atomic E-state index is -0.248. The first-order chi connectivity index (χ1) is 13.6. The van der Waals surface area contributed by atoms with Gasteiger partial charge in [0.25, 0.3) is 0 Å². The Kier molecular flexibility index (Phi) is 5.08. The van der Waals surface area contributed by atoms with Crippen LogP contribution in [0.2, 0.25) is 0 Å². The molecule has 0 radical (unpaired) electrons. The second kappa shape index (κ2) is 7.82. The number of fused-ring (bicyclic) bond motifs is 1. The third-order valence-corrected chi connectivity index (χ3v) is 5.47. The van der Waals surface area contributed by atoms with Gasteiger partial charge in [0, 0.05) is 29.9 Å². The molecule has 6 nitrogen and oxygen atoms in total. The SMILES string of the molecule is COc1ccc2[nH]cc(CCOc3ccc(Cc4sc(=O)[nH]c4O)cc3)c2c1. The first kappa shape index (κ1) is 18.2. The standard InChI is InChI=1S/C21H20N2O4S/c1-26-16-6-7-18-17(11-16)14(12-22-18)8-9-27-15-4-2-13(3-5-15)10-19-20(24)23-21(25)28-19/h2-7,11-12,22,24H,8-10H2,1H3,(H,23,25). The van der Waals surface area contributed by atoms with E-state index in [0.717, 1.165) is 45.7 Å². The number of nitrogens with one attached hydrogen (secondary N) is 2. The molecular weight excluding hydrogens is 376 g/mol. The van der Waals surface area contributed by atoms with E-state index in [4.69, 9.17) is 9.47 Å². The highest BCUT2D eigenvalue weighted by molar-refractivity contribution is 7.09. The highest BCUT2D eigenvalue weighted by Gasteiger charge is 2.08. The number of benzene rings is 2. The second-order valence-electron chi connectivity index (χ2n) is 6.43. The number of rotatable bonds is 7. The first-order valence-corrected chi connectivity index (χ1v) is 9.71. The normalized spacial score (nSPS) is 11.0. The average molecular weight is 396 g/mol. The van der Waals surface area contributed by atoms with Crippen LogP contribution in [-0.2, 0) is 12.8 Å². The molecule has 4 rings (SSSR count). The smallest absolute Gasteiger partial charge is 0.307 e. The summed E-state index contributed by atoms with van der Waals surface area (Å²) in [7, 11) is 1.66. The third-order valence-electron chi connectivity index (χ3n) is 4.60. The van der Waals surface area contributed by atoms with Crippen LogP contribution in [0.4, 0.5) is 0 Å². The highest BCUT2D eigenvalue weighted by Crippen LogP contribution is 2.25. The van der Waals surface area contributed by atoms with Crippen molar-refractivity contribution in [3.05, 3.63) is 74.3 Å². The van der Waals surface area contributed by atoms with E-state index in [-0.39, 0.29) is 10.8 Å². The Labute approximate surface area is 165 Å². The number of hydrogen-bond acceptors (Lipinski definition) is 5. The molecular formula is C21H20N2O4S. The van der Waals surface area contributed by atoms with E-state index in [2.05, 4.69) is 9.97 Å². The molecule has 0 saturated carbocycles. The van der Waals surface area contributed by atoms with Gasteiger partial charge in [-0.05, 0) is 41.5 Å². The van der Waals surface area contributed by atoms with Crippen LogP contribution in [0, 0.1) is 0 Å². The van der Waals surface area contributed by atoms with Gasteiger partial charge in [-0.25, -0.2) is 0 Å². The average Bonchev–Trinajstić information content (AvgIpc) is 3.25. The third kappa shape index (κ3) is 3.89. The Bertz CT molecular complexity index is 1140. The lowest BCUT2D eigenvalue weighted by atomic mass is 10.1. The second-order valence-corrected chi connectivity index (χ2v) is 7.50. The summed E-state index contributed by atoms with van der Waals surface area (Å²) in [6.45, 7) is 0.559. The van der Waals surface area contributed by atoms with E-state index in [0.29, 0.717) is 17.9 Å². The summed E-state index contributed by atoms with van der Waals surface area (Å²) in [5.41, 5.74) is 3.26. The van der Waals surface area contributed by atoms with E-state index in [9.17, 15) is 9.90 Å². The van der Waals surface area contributed by atoms with Gasteiger partial charge < -0.3 is 19.6 Å². The van der Waals surface area contributed by atoms with Gasteiger partial charge in [0.05, 0.1) is 18.6 Å². The van der Waals surface area contributed by atoms with Crippen molar-refractivity contribution in [2.24, 2.45) is 0 Å². The zero-order valence-corrected chi connectivity index (χ0v) is 16.1. The highest BCUT2D eigenvalue weighted by atomic mass is 32.1.